The number of nitrogen functional groups attached to an aromatic ring is 1. The number of thiazole rings is 1. The SMILES string of the molecule is C[n+]1cc(-c2ccc(OC[C@H](O/N=C(\C(=O)N[C@@H]3C(=O)N(OS(=O)(=O)[O-])C3(C)C)c3csc(N)n3)C(=O)O)cc2F)cn1C[C@@H](O)CN. The van der Waals surface area contributed by atoms with Crippen molar-refractivity contribution in [1.29, 1.82) is 0 Å². The van der Waals surface area contributed by atoms with Crippen LogP contribution in [0.5, 0.6) is 5.75 Å². The number of carboxylic acids is 1. The van der Waals surface area contributed by atoms with E-state index in [1.54, 1.807) is 28.8 Å². The van der Waals surface area contributed by atoms with E-state index < -0.39 is 70.1 Å². The molecule has 1 aliphatic rings. The number of oxime groups is 1. The second-order valence-corrected chi connectivity index (χ2v) is 12.7. The number of hydrogen-bond acceptors (Lipinski definition) is 15. The summed E-state index contributed by atoms with van der Waals surface area (Å²) < 4.78 is 60.9. The Balaban J connectivity index is 1.47. The van der Waals surface area contributed by atoms with E-state index in [9.17, 15) is 37.6 Å². The minimum Gasteiger partial charge on any atom is -0.724 e. The number of aryl methyl sites for hydroxylation is 1. The maximum Gasteiger partial charge on any atom is 0.351 e. The first-order chi connectivity index (χ1) is 22.4. The van der Waals surface area contributed by atoms with E-state index in [1.165, 1.54) is 31.4 Å². The molecule has 2 amide bonds. The number of aromatic nitrogens is 3. The molecule has 260 valence electrons. The van der Waals surface area contributed by atoms with Crippen molar-refractivity contribution in [1.82, 2.24) is 20.0 Å². The number of amides is 2. The van der Waals surface area contributed by atoms with Crippen LogP contribution in [-0.4, -0.2) is 98.3 Å². The molecule has 0 bridgehead atoms. The number of hydroxylamine groups is 2. The highest BCUT2D eigenvalue weighted by Crippen LogP contribution is 2.33. The number of carbonyl (C=O) groups is 3. The van der Waals surface area contributed by atoms with Gasteiger partial charge in [-0.2, -0.15) is 14.0 Å². The largest absolute Gasteiger partial charge is 0.724 e. The fraction of sp³-hybridized carbons (Fsp3) is 0.385. The molecule has 3 aromatic rings. The van der Waals surface area contributed by atoms with E-state index in [0.717, 1.165) is 17.4 Å². The molecule has 3 heterocycles. The first-order valence-corrected chi connectivity index (χ1v) is 16.0. The van der Waals surface area contributed by atoms with Gasteiger partial charge >= 0.3 is 5.97 Å². The average Bonchev–Trinajstić information content (AvgIpc) is 3.59. The fourth-order valence-corrected chi connectivity index (χ4v) is 5.44. The summed E-state index contributed by atoms with van der Waals surface area (Å²) in [5, 5.41) is 27.1. The van der Waals surface area contributed by atoms with Crippen molar-refractivity contribution in [2.24, 2.45) is 17.9 Å². The van der Waals surface area contributed by atoms with Crippen LogP contribution in [0.2, 0.25) is 0 Å². The Labute approximate surface area is 276 Å². The first-order valence-electron chi connectivity index (χ1n) is 13.8. The fourth-order valence-electron chi connectivity index (χ4n) is 4.44. The third-order valence-electron chi connectivity index (χ3n) is 6.99. The maximum atomic E-state index is 15.1. The van der Waals surface area contributed by atoms with Gasteiger partial charge in [0.05, 0.1) is 23.4 Å². The third kappa shape index (κ3) is 8.21. The molecule has 0 unspecified atom stereocenters. The monoisotopic (exact) mass is 714 g/mol. The number of carbonyl (C=O) groups excluding carboxylic acids is 2. The number of ether oxygens (including phenoxy) is 1. The molecule has 2 aromatic heterocycles. The van der Waals surface area contributed by atoms with Gasteiger partial charge in [0, 0.05) is 23.6 Å². The van der Waals surface area contributed by atoms with Crippen LogP contribution in [0.25, 0.3) is 11.1 Å². The van der Waals surface area contributed by atoms with E-state index in [4.69, 9.17) is 21.0 Å². The van der Waals surface area contributed by atoms with Gasteiger partial charge in [-0.15, -0.1) is 16.0 Å². The lowest BCUT2D eigenvalue weighted by Gasteiger charge is -2.51. The maximum absolute atomic E-state index is 15.1. The average molecular weight is 715 g/mol. The van der Waals surface area contributed by atoms with Gasteiger partial charge in [0.15, 0.2) is 17.9 Å². The zero-order valence-corrected chi connectivity index (χ0v) is 27.1. The number of nitrogens with two attached hydrogens (primary N) is 2. The smallest absolute Gasteiger partial charge is 0.351 e. The van der Waals surface area contributed by atoms with E-state index in [-0.39, 0.29) is 40.3 Å². The van der Waals surface area contributed by atoms with Gasteiger partial charge in [0.2, 0.25) is 16.6 Å². The molecule has 19 nitrogen and oxygen atoms in total. The molecule has 1 aromatic carbocycles. The van der Waals surface area contributed by atoms with Crippen LogP contribution < -0.4 is 26.2 Å². The summed E-state index contributed by atoms with van der Waals surface area (Å²) >= 11 is 0.909. The van der Waals surface area contributed by atoms with Crippen LogP contribution >= 0.6 is 11.3 Å². The number of anilines is 1. The van der Waals surface area contributed by atoms with Crippen molar-refractivity contribution >= 4 is 50.4 Å². The summed E-state index contributed by atoms with van der Waals surface area (Å²) in [5.41, 5.74) is 9.55. The van der Waals surface area contributed by atoms with Crippen LogP contribution in [0.1, 0.15) is 19.5 Å². The summed E-state index contributed by atoms with van der Waals surface area (Å²) in [5.74, 6) is -4.48. The van der Waals surface area contributed by atoms with Crippen LogP contribution in [-0.2, 0) is 47.5 Å². The number of aliphatic hydroxyl groups excluding tert-OH is 1. The van der Waals surface area contributed by atoms with Crippen LogP contribution in [0, 0.1) is 5.82 Å². The minimum absolute atomic E-state index is 0.00726. The third-order valence-corrected chi connectivity index (χ3v) is 7.99. The molecule has 0 spiro atoms. The molecule has 3 atom stereocenters. The number of benzene rings is 1. The van der Waals surface area contributed by atoms with Gasteiger partial charge in [-0.25, -0.2) is 22.6 Å². The molecule has 1 fully saturated rings. The van der Waals surface area contributed by atoms with Gasteiger partial charge in [0.1, 0.15) is 36.5 Å². The Morgan fingerprint density at radius 3 is 2.62 bits per heavy atom. The number of nitrogens with one attached hydrogen (secondary N) is 1. The molecule has 0 saturated carbocycles. The van der Waals surface area contributed by atoms with Crippen molar-refractivity contribution in [3.8, 4) is 16.9 Å². The van der Waals surface area contributed by atoms with E-state index >= 15 is 4.39 Å². The molecule has 4 rings (SSSR count). The zero-order valence-electron chi connectivity index (χ0n) is 25.5. The topological polar surface area (TPSA) is 278 Å². The molecular formula is C26H31FN8O11S2. The first kappa shape index (κ1) is 36.1. The number of aliphatic carboxylic acids is 1. The number of carboxylic acid groups (broad SMARTS) is 1. The summed E-state index contributed by atoms with van der Waals surface area (Å²) in [4.78, 5) is 46.6. The van der Waals surface area contributed by atoms with Gasteiger partial charge in [-0.05, 0) is 26.0 Å². The number of hydrogen-bond donors (Lipinski definition) is 5. The Hall–Kier alpha value is -4.74. The van der Waals surface area contributed by atoms with Crippen molar-refractivity contribution in [2.45, 2.75) is 44.2 Å². The van der Waals surface area contributed by atoms with Crippen molar-refractivity contribution in [2.75, 3.05) is 18.9 Å². The molecular weight excluding hydrogens is 683 g/mol. The predicted octanol–water partition coefficient (Wildman–Crippen LogP) is -1.77. The lowest BCUT2D eigenvalue weighted by molar-refractivity contribution is -0.754. The Morgan fingerprint density at radius 2 is 2.06 bits per heavy atom. The number of nitrogens with zero attached hydrogens (tertiary/aromatic N) is 5. The molecule has 48 heavy (non-hydrogen) atoms. The van der Waals surface area contributed by atoms with E-state index in [2.05, 4.69) is 19.7 Å². The standard InChI is InChI=1S/C26H31FN8O11S2/c1-26(2)21(23(38)35(26)46-48(41,42)43)31-22(37)20(18-12-47-25(29)30-18)32-45-19(24(39)40)11-44-15-4-5-16(17(27)6-15)13-8-33(3)34(9-13)10-14(36)7-28/h4-6,8-9,12,14,19,21,36H,7,10-11,28H2,1-3H3,(H4-,29,30,31,37,39,40,41,42,43)/b32-20-/t14-,19-,21+/m0/s1. The number of aliphatic hydroxyl groups is 1. The molecule has 22 heteroatoms. The quantitative estimate of drug-likeness (QED) is 0.0291. The Bertz CT molecular complexity index is 1850. The Kier molecular flexibility index (Phi) is 10.7. The lowest BCUT2D eigenvalue weighted by atomic mass is 9.84. The van der Waals surface area contributed by atoms with Crippen molar-refractivity contribution in [3.63, 3.8) is 0 Å². The van der Waals surface area contributed by atoms with Crippen molar-refractivity contribution in [3.05, 3.63) is 47.5 Å². The Morgan fingerprint density at radius 1 is 1.35 bits per heavy atom. The van der Waals surface area contributed by atoms with Gasteiger partial charge in [-0.1, -0.05) is 5.16 Å². The molecule has 1 saturated heterocycles. The molecule has 0 aliphatic carbocycles. The summed E-state index contributed by atoms with van der Waals surface area (Å²) in [6.07, 6.45) is 0.633. The van der Waals surface area contributed by atoms with Gasteiger partial charge in [-0.3, -0.25) is 9.59 Å². The molecule has 0 radical (unpaired) electrons. The molecule has 1 aliphatic heterocycles. The molecule has 7 N–H and O–H groups in total. The second kappa shape index (κ2) is 14.2. The number of β-lactam (4-membered cyclic amide) rings is 1. The number of rotatable bonds is 15. The normalized spacial score (nSPS) is 17.4. The lowest BCUT2D eigenvalue weighted by Crippen LogP contribution is -2.76. The van der Waals surface area contributed by atoms with Gasteiger partial charge in [0.25, 0.3) is 17.9 Å². The van der Waals surface area contributed by atoms with Crippen LogP contribution in [0.4, 0.5) is 9.52 Å². The predicted molar refractivity (Wildman–Crippen MR) is 161 cm³/mol. The second-order valence-electron chi connectivity index (χ2n) is 10.9. The minimum atomic E-state index is -5.30. The van der Waals surface area contributed by atoms with Crippen LogP contribution in [0.15, 0.2) is 41.1 Å². The highest BCUT2D eigenvalue weighted by Gasteiger charge is 2.57. The van der Waals surface area contributed by atoms with E-state index in [0.29, 0.717) is 5.56 Å². The number of halogens is 1. The summed E-state index contributed by atoms with van der Waals surface area (Å²) in [7, 11) is -3.59. The van der Waals surface area contributed by atoms with Crippen molar-refractivity contribution < 1.29 is 60.5 Å². The van der Waals surface area contributed by atoms with E-state index in [1.807, 2.05) is 0 Å². The van der Waals surface area contributed by atoms with Gasteiger partial charge < -0.3 is 41.1 Å². The summed E-state index contributed by atoms with van der Waals surface area (Å²) in [6.45, 7) is 2.14. The zero-order chi connectivity index (χ0) is 35.6. The highest BCUT2D eigenvalue weighted by atomic mass is 32.3. The van der Waals surface area contributed by atoms with Crippen LogP contribution in [0.3, 0.4) is 0 Å². The highest BCUT2D eigenvalue weighted by molar-refractivity contribution is 7.80. The summed E-state index contributed by atoms with van der Waals surface area (Å²) in [6, 6.07) is 2.44.